The van der Waals surface area contributed by atoms with E-state index in [1.807, 2.05) is 24.3 Å². The highest BCUT2D eigenvalue weighted by molar-refractivity contribution is 6.04. The van der Waals surface area contributed by atoms with Crippen molar-refractivity contribution >= 4 is 32.6 Å². The molecule has 0 aliphatic rings. The predicted molar refractivity (Wildman–Crippen MR) is 172 cm³/mol. The van der Waals surface area contributed by atoms with Crippen molar-refractivity contribution in [2.45, 2.75) is 0 Å². The molecule has 196 valence electrons. The molecule has 0 spiro atoms. The van der Waals surface area contributed by atoms with Crippen molar-refractivity contribution in [3.8, 4) is 45.0 Å². The van der Waals surface area contributed by atoms with Gasteiger partial charge in [0.1, 0.15) is 0 Å². The molecule has 0 fully saturated rings. The number of hydrogen-bond donors (Lipinski definition) is 0. The van der Waals surface area contributed by atoms with E-state index in [-0.39, 0.29) is 0 Å². The van der Waals surface area contributed by atoms with Gasteiger partial charge in [-0.2, -0.15) is 0 Å². The van der Waals surface area contributed by atoms with E-state index in [4.69, 9.17) is 9.97 Å². The highest BCUT2D eigenvalue weighted by atomic mass is 14.8. The Morgan fingerprint density at radius 3 is 1.50 bits per heavy atom. The molecular formula is C38H24N4. The van der Waals surface area contributed by atoms with Gasteiger partial charge in [0, 0.05) is 39.9 Å². The summed E-state index contributed by atoms with van der Waals surface area (Å²) >= 11 is 0. The summed E-state index contributed by atoms with van der Waals surface area (Å²) < 4.78 is 0. The van der Waals surface area contributed by atoms with Crippen LogP contribution in [0.3, 0.4) is 0 Å². The van der Waals surface area contributed by atoms with Gasteiger partial charge < -0.3 is 0 Å². The van der Waals surface area contributed by atoms with E-state index in [1.54, 1.807) is 12.4 Å². The molecule has 42 heavy (non-hydrogen) atoms. The average molecular weight is 537 g/mol. The predicted octanol–water partition coefficient (Wildman–Crippen LogP) is 9.39. The summed E-state index contributed by atoms with van der Waals surface area (Å²) in [6.45, 7) is 0. The topological polar surface area (TPSA) is 51.6 Å². The Kier molecular flexibility index (Phi) is 5.75. The second kappa shape index (κ2) is 10.0. The summed E-state index contributed by atoms with van der Waals surface area (Å²) in [6, 6.07) is 46.4. The highest BCUT2D eigenvalue weighted by Crippen LogP contribution is 2.32. The Morgan fingerprint density at radius 1 is 0.333 bits per heavy atom. The number of hydrogen-bond acceptors (Lipinski definition) is 4. The van der Waals surface area contributed by atoms with Crippen molar-refractivity contribution in [2.75, 3.05) is 0 Å². The summed E-state index contributed by atoms with van der Waals surface area (Å²) in [4.78, 5) is 18.9. The quantitative estimate of drug-likeness (QED) is 0.210. The number of fused-ring (bicyclic) bond motifs is 4. The molecule has 0 aliphatic carbocycles. The van der Waals surface area contributed by atoms with E-state index >= 15 is 0 Å². The van der Waals surface area contributed by atoms with E-state index < -0.39 is 0 Å². The standard InChI is InChI=1S/C38H24N4/c1-2-5-26(6-3-1)34-19-17-27-9-10-28-18-20-35(42-37(28)36(27)41-34)33-16-15-31-23-30(13-14-32(31)24-33)25-7-11-29(12-8-25)38-39-21-4-22-40-38/h1-24H. The van der Waals surface area contributed by atoms with Gasteiger partial charge >= 0.3 is 0 Å². The van der Waals surface area contributed by atoms with Gasteiger partial charge in [0.25, 0.3) is 0 Å². The van der Waals surface area contributed by atoms with Crippen molar-refractivity contribution < 1.29 is 0 Å². The first-order valence-corrected chi connectivity index (χ1v) is 14.0. The zero-order valence-corrected chi connectivity index (χ0v) is 22.6. The zero-order chi connectivity index (χ0) is 27.9. The van der Waals surface area contributed by atoms with Crippen molar-refractivity contribution in [2.24, 2.45) is 0 Å². The third-order valence-corrected chi connectivity index (χ3v) is 7.77. The second-order valence-electron chi connectivity index (χ2n) is 10.4. The Labute approximate surface area is 243 Å². The molecule has 4 nitrogen and oxygen atoms in total. The normalized spacial score (nSPS) is 11.3. The Morgan fingerprint density at radius 2 is 0.833 bits per heavy atom. The minimum absolute atomic E-state index is 0.734. The molecule has 0 saturated heterocycles. The van der Waals surface area contributed by atoms with Crippen LogP contribution in [0.25, 0.3) is 77.6 Å². The molecule has 0 aliphatic heterocycles. The molecule has 0 unspecified atom stereocenters. The van der Waals surface area contributed by atoms with Gasteiger partial charge in [-0.1, -0.05) is 103 Å². The van der Waals surface area contributed by atoms with E-state index in [2.05, 4.69) is 119 Å². The molecule has 0 atom stereocenters. The first-order chi connectivity index (χ1) is 20.8. The van der Waals surface area contributed by atoms with Crippen molar-refractivity contribution in [1.82, 2.24) is 19.9 Å². The minimum atomic E-state index is 0.734. The van der Waals surface area contributed by atoms with Crippen molar-refractivity contribution in [3.63, 3.8) is 0 Å². The summed E-state index contributed by atoms with van der Waals surface area (Å²) in [6.07, 6.45) is 3.53. The molecule has 0 amide bonds. The lowest BCUT2D eigenvalue weighted by Crippen LogP contribution is -1.91. The maximum atomic E-state index is 5.14. The van der Waals surface area contributed by atoms with Crippen LogP contribution in [0.4, 0.5) is 0 Å². The minimum Gasteiger partial charge on any atom is -0.245 e. The van der Waals surface area contributed by atoms with E-state index in [1.165, 1.54) is 16.3 Å². The lowest BCUT2D eigenvalue weighted by atomic mass is 9.98. The van der Waals surface area contributed by atoms with Gasteiger partial charge in [-0.3, -0.25) is 0 Å². The van der Waals surface area contributed by atoms with Gasteiger partial charge in [-0.25, -0.2) is 19.9 Å². The molecule has 3 aromatic heterocycles. The van der Waals surface area contributed by atoms with Crippen LogP contribution in [0, 0.1) is 0 Å². The molecular weight excluding hydrogens is 512 g/mol. The molecule has 0 radical (unpaired) electrons. The van der Waals surface area contributed by atoms with Gasteiger partial charge in [-0.15, -0.1) is 0 Å². The largest absolute Gasteiger partial charge is 0.245 e. The van der Waals surface area contributed by atoms with Crippen LogP contribution >= 0.6 is 0 Å². The number of benzene rings is 5. The van der Waals surface area contributed by atoms with Crippen LogP contribution in [0.5, 0.6) is 0 Å². The van der Waals surface area contributed by atoms with Gasteiger partial charge in [0.05, 0.1) is 22.4 Å². The van der Waals surface area contributed by atoms with Crippen molar-refractivity contribution in [3.05, 3.63) is 146 Å². The van der Waals surface area contributed by atoms with Crippen LogP contribution in [-0.4, -0.2) is 19.9 Å². The second-order valence-corrected chi connectivity index (χ2v) is 10.4. The lowest BCUT2D eigenvalue weighted by Gasteiger charge is -2.10. The molecule has 0 N–H and O–H groups in total. The Hall–Kier alpha value is -5.74. The first kappa shape index (κ1) is 24.1. The van der Waals surface area contributed by atoms with Crippen molar-refractivity contribution in [1.29, 1.82) is 0 Å². The third kappa shape index (κ3) is 4.36. The average Bonchev–Trinajstić information content (AvgIpc) is 3.08. The summed E-state index contributed by atoms with van der Waals surface area (Å²) in [5, 5.41) is 4.53. The van der Waals surface area contributed by atoms with Gasteiger partial charge in [-0.05, 0) is 52.2 Å². The molecule has 8 rings (SSSR count). The molecule has 3 heterocycles. The van der Waals surface area contributed by atoms with E-state index in [0.29, 0.717) is 0 Å². The number of nitrogens with zero attached hydrogens (tertiary/aromatic N) is 4. The number of aromatic nitrogens is 4. The highest BCUT2D eigenvalue weighted by Gasteiger charge is 2.10. The third-order valence-electron chi connectivity index (χ3n) is 7.77. The maximum Gasteiger partial charge on any atom is 0.159 e. The molecule has 4 heteroatoms. The zero-order valence-electron chi connectivity index (χ0n) is 22.6. The monoisotopic (exact) mass is 536 g/mol. The fourth-order valence-electron chi connectivity index (χ4n) is 5.54. The summed E-state index contributed by atoms with van der Waals surface area (Å²) in [7, 11) is 0. The van der Waals surface area contributed by atoms with Gasteiger partial charge in [0.15, 0.2) is 5.82 Å². The fraction of sp³-hybridized carbons (Fsp3) is 0. The molecule has 5 aromatic carbocycles. The van der Waals surface area contributed by atoms with Crippen LogP contribution in [0.15, 0.2) is 146 Å². The van der Waals surface area contributed by atoms with Crippen LogP contribution < -0.4 is 0 Å². The Balaban J connectivity index is 1.15. The maximum absolute atomic E-state index is 5.14. The van der Waals surface area contributed by atoms with E-state index in [0.717, 1.165) is 61.3 Å². The fourth-order valence-corrected chi connectivity index (χ4v) is 5.54. The smallest absolute Gasteiger partial charge is 0.159 e. The number of rotatable bonds is 4. The first-order valence-electron chi connectivity index (χ1n) is 14.0. The Bertz CT molecular complexity index is 2230. The molecule has 0 saturated carbocycles. The lowest BCUT2D eigenvalue weighted by molar-refractivity contribution is 1.18. The van der Waals surface area contributed by atoms with Gasteiger partial charge in [0.2, 0.25) is 0 Å². The van der Waals surface area contributed by atoms with Crippen LogP contribution in [-0.2, 0) is 0 Å². The summed E-state index contributed by atoms with van der Waals surface area (Å²) in [5.74, 6) is 0.734. The molecule has 0 bridgehead atoms. The number of pyridine rings is 2. The SMILES string of the molecule is c1ccc(-c2ccc3ccc4ccc(-c5ccc6cc(-c7ccc(-c8ncccn8)cc7)ccc6c5)nc4c3n2)cc1. The van der Waals surface area contributed by atoms with E-state index in [9.17, 15) is 0 Å². The summed E-state index contributed by atoms with van der Waals surface area (Å²) in [5.41, 5.74) is 9.25. The van der Waals surface area contributed by atoms with Crippen LogP contribution in [0.1, 0.15) is 0 Å². The molecule has 8 aromatic rings. The van der Waals surface area contributed by atoms with Crippen LogP contribution in [0.2, 0.25) is 0 Å².